The van der Waals surface area contributed by atoms with Gasteiger partial charge >= 0.3 is 0 Å². The molecule has 0 aliphatic carbocycles. The molecule has 0 spiro atoms. The Hall–Kier alpha value is 0.110. The van der Waals surface area contributed by atoms with Gasteiger partial charge in [0.05, 0.1) is 0 Å². The van der Waals surface area contributed by atoms with Crippen LogP contribution in [0.1, 0.15) is 34.6 Å². The molecule has 0 aromatic heterocycles. The monoisotopic (exact) mass is 235 g/mol. The fraction of sp³-hybridized carbons (Fsp3) is 0.889. The van der Waals surface area contributed by atoms with Crippen LogP contribution in [0.2, 0.25) is 0 Å². The molecule has 0 aromatic rings. The maximum atomic E-state index is 11.4. The fourth-order valence-corrected chi connectivity index (χ4v) is 1.96. The smallest absolute Gasteiger partial charge is 0.163 e. The van der Waals surface area contributed by atoms with E-state index in [0.717, 1.165) is 0 Å². The van der Waals surface area contributed by atoms with Gasteiger partial charge in [-0.1, -0.05) is 29.8 Å². The molecule has 0 aromatic carbocycles. The zero-order valence-electron chi connectivity index (χ0n) is 8.44. The Balaban J connectivity index is 4.05. The molecule has 0 saturated heterocycles. The molecule has 0 aliphatic heterocycles. The van der Waals surface area contributed by atoms with Crippen molar-refractivity contribution in [1.82, 2.24) is 5.32 Å². The first kappa shape index (κ1) is 12.1. The van der Waals surface area contributed by atoms with E-state index in [2.05, 4.69) is 21.2 Å². The standard InChI is InChI=1S/C9H18BrNO/c1-6(2)7(12)8(10)11-9(3,4)5/h6,8,11H,1-5H3. The lowest BCUT2D eigenvalue weighted by atomic mass is 10.1. The van der Waals surface area contributed by atoms with Crippen LogP contribution in [-0.4, -0.2) is 16.3 Å². The minimum Gasteiger partial charge on any atom is -0.297 e. The van der Waals surface area contributed by atoms with Crippen LogP contribution in [-0.2, 0) is 4.79 Å². The Labute approximate surface area is 83.2 Å². The van der Waals surface area contributed by atoms with Gasteiger partial charge in [-0.25, -0.2) is 0 Å². The van der Waals surface area contributed by atoms with E-state index in [1.807, 2.05) is 34.6 Å². The molecule has 0 aliphatic rings. The molecule has 1 unspecified atom stereocenters. The zero-order valence-corrected chi connectivity index (χ0v) is 10.0. The summed E-state index contributed by atoms with van der Waals surface area (Å²) in [5.74, 6) is 0.272. The number of halogens is 1. The predicted octanol–water partition coefficient (Wildman–Crippen LogP) is 2.32. The number of Topliss-reactive ketones (excluding diaryl/α,β-unsaturated/α-hetero) is 1. The molecule has 0 fully saturated rings. The number of nitrogens with one attached hydrogen (secondary N) is 1. The van der Waals surface area contributed by atoms with Gasteiger partial charge in [0.15, 0.2) is 5.78 Å². The summed E-state index contributed by atoms with van der Waals surface area (Å²) in [7, 11) is 0. The minimum atomic E-state index is -0.225. The van der Waals surface area contributed by atoms with Gasteiger partial charge in [0, 0.05) is 11.5 Å². The highest BCUT2D eigenvalue weighted by atomic mass is 79.9. The van der Waals surface area contributed by atoms with E-state index >= 15 is 0 Å². The van der Waals surface area contributed by atoms with Crippen LogP contribution in [0.3, 0.4) is 0 Å². The summed E-state index contributed by atoms with van der Waals surface area (Å²) in [4.78, 5) is 11.2. The predicted molar refractivity (Wildman–Crippen MR) is 55.4 cm³/mol. The summed E-state index contributed by atoms with van der Waals surface area (Å²) in [5, 5.41) is 3.17. The molecule has 0 saturated carbocycles. The van der Waals surface area contributed by atoms with Crippen LogP contribution in [0.4, 0.5) is 0 Å². The van der Waals surface area contributed by atoms with E-state index in [0.29, 0.717) is 0 Å². The van der Waals surface area contributed by atoms with Gasteiger partial charge in [0.1, 0.15) is 4.95 Å². The van der Waals surface area contributed by atoms with Crippen LogP contribution >= 0.6 is 15.9 Å². The lowest BCUT2D eigenvalue weighted by molar-refractivity contribution is -0.122. The first-order chi connectivity index (χ1) is 5.24. The maximum absolute atomic E-state index is 11.4. The van der Waals surface area contributed by atoms with Crippen molar-refractivity contribution in [2.24, 2.45) is 5.92 Å². The molecular formula is C9H18BrNO. The average Bonchev–Trinajstić information content (AvgIpc) is 1.82. The van der Waals surface area contributed by atoms with E-state index in [9.17, 15) is 4.79 Å². The van der Waals surface area contributed by atoms with Crippen LogP contribution in [0, 0.1) is 5.92 Å². The molecule has 1 atom stereocenters. The second-order valence-corrected chi connectivity index (χ2v) is 5.23. The highest BCUT2D eigenvalue weighted by molar-refractivity contribution is 9.10. The molecule has 1 N–H and O–H groups in total. The Bertz CT molecular complexity index is 160. The number of hydrogen-bond acceptors (Lipinski definition) is 2. The van der Waals surface area contributed by atoms with E-state index < -0.39 is 0 Å². The van der Waals surface area contributed by atoms with Gasteiger partial charge in [-0.3, -0.25) is 10.1 Å². The summed E-state index contributed by atoms with van der Waals surface area (Å²) >= 11 is 3.32. The SMILES string of the molecule is CC(C)C(=O)C(Br)NC(C)(C)C. The number of carbonyl (C=O) groups excluding carboxylic acids is 1. The highest BCUT2D eigenvalue weighted by Gasteiger charge is 2.22. The molecule has 2 nitrogen and oxygen atoms in total. The summed E-state index contributed by atoms with van der Waals surface area (Å²) in [6.07, 6.45) is 0. The van der Waals surface area contributed by atoms with Crippen molar-refractivity contribution in [2.45, 2.75) is 45.1 Å². The number of alkyl halides is 1. The Kier molecular flexibility index (Phi) is 4.42. The highest BCUT2D eigenvalue weighted by Crippen LogP contribution is 2.10. The third-order valence-electron chi connectivity index (χ3n) is 1.38. The maximum Gasteiger partial charge on any atom is 0.163 e. The second-order valence-electron chi connectivity index (χ2n) is 4.31. The summed E-state index contributed by atoms with van der Waals surface area (Å²) < 4.78 is 0. The average molecular weight is 236 g/mol. The molecule has 12 heavy (non-hydrogen) atoms. The van der Waals surface area contributed by atoms with E-state index in [4.69, 9.17) is 0 Å². The molecule has 0 bridgehead atoms. The lowest BCUT2D eigenvalue weighted by Gasteiger charge is -2.24. The minimum absolute atomic E-state index is 0.0291. The number of rotatable bonds is 3. The number of hydrogen-bond donors (Lipinski definition) is 1. The Morgan fingerprint density at radius 3 is 2.00 bits per heavy atom. The van der Waals surface area contributed by atoms with Crippen molar-refractivity contribution >= 4 is 21.7 Å². The summed E-state index contributed by atoms with van der Waals surface area (Å²) in [5.41, 5.74) is -0.0291. The van der Waals surface area contributed by atoms with Crippen LogP contribution in [0.5, 0.6) is 0 Å². The quantitative estimate of drug-likeness (QED) is 0.601. The van der Waals surface area contributed by atoms with Gasteiger partial charge in [0.2, 0.25) is 0 Å². The van der Waals surface area contributed by atoms with Crippen LogP contribution in [0.15, 0.2) is 0 Å². The van der Waals surface area contributed by atoms with Crippen LogP contribution < -0.4 is 5.32 Å². The van der Waals surface area contributed by atoms with Gasteiger partial charge in [-0.05, 0) is 20.8 Å². The summed E-state index contributed by atoms with van der Waals surface area (Å²) in [6.45, 7) is 9.92. The van der Waals surface area contributed by atoms with Crippen molar-refractivity contribution in [3.63, 3.8) is 0 Å². The Morgan fingerprint density at radius 1 is 1.33 bits per heavy atom. The molecule has 0 heterocycles. The van der Waals surface area contributed by atoms with E-state index in [1.54, 1.807) is 0 Å². The topological polar surface area (TPSA) is 29.1 Å². The number of carbonyl (C=O) groups is 1. The lowest BCUT2D eigenvalue weighted by Crippen LogP contribution is -2.45. The first-order valence-electron chi connectivity index (χ1n) is 4.19. The van der Waals surface area contributed by atoms with Crippen molar-refractivity contribution in [3.8, 4) is 0 Å². The van der Waals surface area contributed by atoms with Crippen molar-refractivity contribution in [2.75, 3.05) is 0 Å². The van der Waals surface area contributed by atoms with Crippen LogP contribution in [0.25, 0.3) is 0 Å². The zero-order chi connectivity index (χ0) is 9.94. The molecule has 72 valence electrons. The van der Waals surface area contributed by atoms with Gasteiger partial charge in [0.25, 0.3) is 0 Å². The molecule has 3 heteroatoms. The first-order valence-corrected chi connectivity index (χ1v) is 5.11. The largest absolute Gasteiger partial charge is 0.297 e. The van der Waals surface area contributed by atoms with Crippen molar-refractivity contribution in [3.05, 3.63) is 0 Å². The molecule has 0 rings (SSSR count). The third-order valence-corrected chi connectivity index (χ3v) is 2.06. The Morgan fingerprint density at radius 2 is 1.75 bits per heavy atom. The van der Waals surface area contributed by atoms with E-state index in [1.165, 1.54) is 0 Å². The normalized spacial score (nSPS) is 14.9. The number of ketones is 1. The fourth-order valence-electron chi connectivity index (χ4n) is 0.744. The third kappa shape index (κ3) is 4.88. The molecule has 0 radical (unpaired) electrons. The molecular weight excluding hydrogens is 218 g/mol. The van der Waals surface area contributed by atoms with Gasteiger partial charge in [-0.2, -0.15) is 0 Å². The second kappa shape index (κ2) is 4.38. The molecule has 0 amide bonds. The van der Waals surface area contributed by atoms with Crippen molar-refractivity contribution in [1.29, 1.82) is 0 Å². The van der Waals surface area contributed by atoms with Crippen molar-refractivity contribution < 1.29 is 4.79 Å². The summed E-state index contributed by atoms with van der Waals surface area (Å²) in [6, 6.07) is 0. The van der Waals surface area contributed by atoms with E-state index in [-0.39, 0.29) is 22.2 Å². The van der Waals surface area contributed by atoms with Gasteiger partial charge < -0.3 is 0 Å². The van der Waals surface area contributed by atoms with Gasteiger partial charge in [-0.15, -0.1) is 0 Å².